The van der Waals surface area contributed by atoms with E-state index in [-0.39, 0.29) is 0 Å². The standard InChI is InChI=1S/C16H30N2O/c1-11(2)16-9-17-15(12-4-5-12)10-18(16)13-6-7-14(8-13)19-3/h11-17H,4-10H2,1-3H3. The molecule has 4 unspecified atom stereocenters. The number of hydrogen-bond acceptors (Lipinski definition) is 3. The first-order valence-corrected chi connectivity index (χ1v) is 8.21. The zero-order valence-electron chi connectivity index (χ0n) is 12.8. The van der Waals surface area contributed by atoms with Gasteiger partial charge in [0.25, 0.3) is 0 Å². The maximum absolute atomic E-state index is 5.57. The number of hydrogen-bond donors (Lipinski definition) is 1. The van der Waals surface area contributed by atoms with Crippen LogP contribution in [0.4, 0.5) is 0 Å². The molecule has 1 N–H and O–H groups in total. The molecule has 2 aliphatic carbocycles. The van der Waals surface area contributed by atoms with Crippen LogP contribution in [0.1, 0.15) is 46.0 Å². The quantitative estimate of drug-likeness (QED) is 0.845. The van der Waals surface area contributed by atoms with Crippen molar-refractivity contribution in [1.82, 2.24) is 10.2 Å². The van der Waals surface area contributed by atoms with Crippen LogP contribution in [0.5, 0.6) is 0 Å². The van der Waals surface area contributed by atoms with E-state index in [1.807, 2.05) is 7.11 Å². The van der Waals surface area contributed by atoms with Crippen molar-refractivity contribution in [2.45, 2.75) is 70.2 Å². The molecule has 3 heteroatoms. The van der Waals surface area contributed by atoms with Gasteiger partial charge in [-0.15, -0.1) is 0 Å². The SMILES string of the molecule is COC1CCC(N2CC(C3CC3)NCC2C(C)C)C1. The van der Waals surface area contributed by atoms with E-state index in [1.165, 1.54) is 45.2 Å². The van der Waals surface area contributed by atoms with Crippen LogP contribution in [-0.4, -0.2) is 49.3 Å². The first-order valence-electron chi connectivity index (χ1n) is 8.21. The number of nitrogens with zero attached hydrogens (tertiary/aromatic N) is 1. The summed E-state index contributed by atoms with van der Waals surface area (Å²) in [6.07, 6.45) is 7.24. The monoisotopic (exact) mass is 266 g/mol. The van der Waals surface area contributed by atoms with Gasteiger partial charge in [-0.1, -0.05) is 13.8 Å². The molecule has 3 aliphatic rings. The Bertz CT molecular complexity index is 303. The van der Waals surface area contributed by atoms with Crippen LogP contribution in [0, 0.1) is 11.8 Å². The van der Waals surface area contributed by atoms with E-state index in [1.54, 1.807) is 0 Å². The minimum absolute atomic E-state index is 0.507. The van der Waals surface area contributed by atoms with Crippen molar-refractivity contribution in [3.63, 3.8) is 0 Å². The second-order valence-corrected chi connectivity index (χ2v) is 7.18. The van der Waals surface area contributed by atoms with Crippen molar-refractivity contribution in [2.24, 2.45) is 11.8 Å². The van der Waals surface area contributed by atoms with Gasteiger partial charge in [0.05, 0.1) is 6.10 Å². The fourth-order valence-electron chi connectivity index (χ4n) is 4.10. The number of methoxy groups -OCH3 is 1. The van der Waals surface area contributed by atoms with Gasteiger partial charge in [0.1, 0.15) is 0 Å². The topological polar surface area (TPSA) is 24.5 Å². The summed E-state index contributed by atoms with van der Waals surface area (Å²) in [7, 11) is 1.87. The van der Waals surface area contributed by atoms with Gasteiger partial charge in [-0.05, 0) is 43.9 Å². The molecule has 1 saturated heterocycles. The minimum atomic E-state index is 0.507. The lowest BCUT2D eigenvalue weighted by molar-refractivity contribution is 0.0408. The second-order valence-electron chi connectivity index (χ2n) is 7.18. The number of rotatable bonds is 4. The summed E-state index contributed by atoms with van der Waals surface area (Å²) in [6, 6.07) is 2.24. The molecule has 2 saturated carbocycles. The molecule has 1 heterocycles. The van der Waals surface area contributed by atoms with Crippen molar-refractivity contribution in [3.8, 4) is 0 Å². The Morgan fingerprint density at radius 1 is 1.16 bits per heavy atom. The van der Waals surface area contributed by atoms with E-state index in [0.717, 1.165) is 30.0 Å². The molecular weight excluding hydrogens is 236 g/mol. The fraction of sp³-hybridized carbons (Fsp3) is 1.00. The molecule has 3 nitrogen and oxygen atoms in total. The maximum atomic E-state index is 5.57. The number of piperazine rings is 1. The van der Waals surface area contributed by atoms with Crippen LogP contribution in [0.3, 0.4) is 0 Å². The smallest absolute Gasteiger partial charge is 0.0586 e. The van der Waals surface area contributed by atoms with Crippen LogP contribution in [0.2, 0.25) is 0 Å². The van der Waals surface area contributed by atoms with Crippen molar-refractivity contribution in [1.29, 1.82) is 0 Å². The highest BCUT2D eigenvalue weighted by Gasteiger charge is 2.41. The van der Waals surface area contributed by atoms with Crippen molar-refractivity contribution in [3.05, 3.63) is 0 Å². The molecule has 1 aliphatic heterocycles. The third kappa shape index (κ3) is 2.98. The third-order valence-corrected chi connectivity index (χ3v) is 5.54. The Morgan fingerprint density at radius 3 is 2.53 bits per heavy atom. The van der Waals surface area contributed by atoms with Gasteiger partial charge >= 0.3 is 0 Å². The maximum Gasteiger partial charge on any atom is 0.0586 e. The largest absolute Gasteiger partial charge is 0.381 e. The molecule has 110 valence electrons. The Labute approximate surface area is 118 Å². The molecule has 0 bridgehead atoms. The summed E-state index contributed by atoms with van der Waals surface area (Å²) < 4.78 is 5.57. The van der Waals surface area contributed by atoms with Gasteiger partial charge in [-0.25, -0.2) is 0 Å². The summed E-state index contributed by atoms with van der Waals surface area (Å²) >= 11 is 0. The average molecular weight is 266 g/mol. The lowest BCUT2D eigenvalue weighted by atomic mass is 9.94. The zero-order valence-corrected chi connectivity index (χ0v) is 12.8. The first kappa shape index (κ1) is 13.8. The van der Waals surface area contributed by atoms with Crippen molar-refractivity contribution < 1.29 is 4.74 Å². The summed E-state index contributed by atoms with van der Waals surface area (Å²) in [4.78, 5) is 2.84. The van der Waals surface area contributed by atoms with Crippen molar-refractivity contribution >= 4 is 0 Å². The number of ether oxygens (including phenoxy) is 1. The van der Waals surface area contributed by atoms with Crippen LogP contribution in [-0.2, 0) is 4.74 Å². The van der Waals surface area contributed by atoms with Crippen molar-refractivity contribution in [2.75, 3.05) is 20.2 Å². The number of nitrogens with one attached hydrogen (secondary N) is 1. The molecular formula is C16H30N2O. The molecule has 0 aromatic carbocycles. The average Bonchev–Trinajstić information content (AvgIpc) is 3.15. The van der Waals surface area contributed by atoms with E-state index in [0.29, 0.717) is 6.10 Å². The van der Waals surface area contributed by atoms with Crippen LogP contribution in [0.25, 0.3) is 0 Å². The zero-order chi connectivity index (χ0) is 13.4. The molecule has 3 rings (SSSR count). The van der Waals surface area contributed by atoms with E-state index in [4.69, 9.17) is 4.74 Å². The summed E-state index contributed by atoms with van der Waals surface area (Å²) in [5.74, 6) is 1.71. The molecule has 19 heavy (non-hydrogen) atoms. The van der Waals surface area contributed by atoms with Gasteiger partial charge in [-0.2, -0.15) is 0 Å². The Morgan fingerprint density at radius 2 is 1.95 bits per heavy atom. The molecule has 0 amide bonds. The molecule has 0 aromatic rings. The van der Waals surface area contributed by atoms with Gasteiger partial charge < -0.3 is 10.1 Å². The summed E-state index contributed by atoms with van der Waals surface area (Å²) in [5, 5.41) is 3.82. The molecule has 0 aromatic heterocycles. The van der Waals surface area contributed by atoms with Crippen LogP contribution < -0.4 is 5.32 Å². The Hall–Kier alpha value is -0.120. The molecule has 4 atom stereocenters. The Balaban J connectivity index is 1.66. The lowest BCUT2D eigenvalue weighted by Gasteiger charge is -2.46. The predicted molar refractivity (Wildman–Crippen MR) is 78.3 cm³/mol. The molecule has 0 radical (unpaired) electrons. The van der Waals surface area contributed by atoms with Gasteiger partial charge in [-0.3, -0.25) is 4.90 Å². The third-order valence-electron chi connectivity index (χ3n) is 5.54. The van der Waals surface area contributed by atoms with E-state index in [9.17, 15) is 0 Å². The van der Waals surface area contributed by atoms with Gasteiger partial charge in [0, 0.05) is 38.3 Å². The second kappa shape index (κ2) is 5.71. The van der Waals surface area contributed by atoms with Crippen LogP contribution >= 0.6 is 0 Å². The van der Waals surface area contributed by atoms with E-state index < -0.39 is 0 Å². The Kier molecular flexibility index (Phi) is 4.16. The lowest BCUT2D eigenvalue weighted by Crippen LogP contribution is -2.61. The van der Waals surface area contributed by atoms with Gasteiger partial charge in [0.15, 0.2) is 0 Å². The van der Waals surface area contributed by atoms with E-state index in [2.05, 4.69) is 24.1 Å². The highest BCUT2D eigenvalue weighted by atomic mass is 16.5. The van der Waals surface area contributed by atoms with Crippen LogP contribution in [0.15, 0.2) is 0 Å². The highest BCUT2D eigenvalue weighted by molar-refractivity contribution is 4.98. The molecule has 3 fully saturated rings. The summed E-state index contributed by atoms with van der Waals surface area (Å²) in [5.41, 5.74) is 0. The predicted octanol–water partition coefficient (Wildman–Crippen LogP) is 2.26. The first-order chi connectivity index (χ1) is 9.19. The fourth-order valence-corrected chi connectivity index (χ4v) is 4.10. The van der Waals surface area contributed by atoms with E-state index >= 15 is 0 Å². The van der Waals surface area contributed by atoms with Gasteiger partial charge in [0.2, 0.25) is 0 Å². The molecule has 0 spiro atoms. The minimum Gasteiger partial charge on any atom is -0.381 e. The summed E-state index contributed by atoms with van der Waals surface area (Å²) in [6.45, 7) is 7.21. The highest BCUT2D eigenvalue weighted by Crippen LogP contribution is 2.37. The normalized spacial score (nSPS) is 41.1.